The summed E-state index contributed by atoms with van der Waals surface area (Å²) in [6, 6.07) is 15.4. The van der Waals surface area contributed by atoms with Crippen molar-refractivity contribution in [3.8, 4) is 11.3 Å². The molecule has 2 heteroatoms. The van der Waals surface area contributed by atoms with Gasteiger partial charge in [-0.1, -0.05) is 17.7 Å². The second kappa shape index (κ2) is 4.95. The largest absolute Gasteiger partial charge is 0.316 e. The summed E-state index contributed by atoms with van der Waals surface area (Å²) >= 11 is 0. The first-order chi connectivity index (χ1) is 11.1. The zero-order chi connectivity index (χ0) is 16.1. The molecule has 0 aliphatic rings. The number of rotatable bonds is 1. The average Bonchev–Trinajstić information content (AvgIpc) is 2.89. The molecule has 0 unspecified atom stereocenters. The molecular weight excluding hydrogens is 280 g/mol. The highest BCUT2D eigenvalue weighted by Crippen LogP contribution is 2.32. The molecule has 2 nitrogen and oxygen atoms in total. The normalized spacial score (nSPS) is 11.5. The maximum absolute atomic E-state index is 2.30. The SMILES string of the molecule is Cc1cc(C)c(C)c(-c2c3cc4ccccn4c3cc[n+]2C)c1. The third-order valence-electron chi connectivity index (χ3n) is 4.85. The number of nitrogens with zero attached hydrogens (tertiary/aromatic N) is 2. The van der Waals surface area contributed by atoms with Gasteiger partial charge in [0.15, 0.2) is 6.20 Å². The Hall–Kier alpha value is -2.61. The van der Waals surface area contributed by atoms with Gasteiger partial charge in [-0.25, -0.2) is 4.57 Å². The first-order valence-electron chi connectivity index (χ1n) is 8.03. The van der Waals surface area contributed by atoms with Crippen LogP contribution in [0, 0.1) is 20.8 Å². The topological polar surface area (TPSA) is 8.29 Å². The maximum atomic E-state index is 2.30. The standard InChI is InChI=1S/C21H21N2/c1-14-11-15(2)16(3)18(12-14)21-19-13-17-7-5-6-9-23(17)20(19)8-10-22(21)4/h5-13H,1-4H3/q+1. The van der Waals surface area contributed by atoms with E-state index in [0.29, 0.717) is 0 Å². The van der Waals surface area contributed by atoms with Crippen LogP contribution >= 0.6 is 0 Å². The summed E-state index contributed by atoms with van der Waals surface area (Å²) in [7, 11) is 2.13. The summed E-state index contributed by atoms with van der Waals surface area (Å²) < 4.78 is 4.50. The molecule has 0 aliphatic heterocycles. The minimum absolute atomic E-state index is 1.23. The molecule has 23 heavy (non-hydrogen) atoms. The van der Waals surface area contributed by atoms with E-state index in [1.54, 1.807) is 0 Å². The lowest BCUT2D eigenvalue weighted by atomic mass is 9.96. The lowest BCUT2D eigenvalue weighted by Gasteiger charge is -2.10. The van der Waals surface area contributed by atoms with E-state index in [1.165, 1.54) is 44.4 Å². The predicted molar refractivity (Wildman–Crippen MR) is 95.7 cm³/mol. The lowest BCUT2D eigenvalue weighted by molar-refractivity contribution is -0.659. The van der Waals surface area contributed by atoms with Gasteiger partial charge in [-0.05, 0) is 56.2 Å². The fourth-order valence-electron chi connectivity index (χ4n) is 3.57. The van der Waals surface area contributed by atoms with Crippen molar-refractivity contribution in [1.82, 2.24) is 4.40 Å². The monoisotopic (exact) mass is 301 g/mol. The second-order valence-electron chi connectivity index (χ2n) is 6.47. The van der Waals surface area contributed by atoms with Gasteiger partial charge in [0.1, 0.15) is 7.05 Å². The van der Waals surface area contributed by atoms with Crippen molar-refractivity contribution in [1.29, 1.82) is 0 Å². The van der Waals surface area contributed by atoms with Crippen molar-refractivity contribution < 1.29 is 4.57 Å². The first-order valence-corrected chi connectivity index (χ1v) is 8.03. The summed E-state index contributed by atoms with van der Waals surface area (Å²) in [5.74, 6) is 0. The molecule has 0 N–H and O–H groups in total. The molecule has 0 spiro atoms. The van der Waals surface area contributed by atoms with E-state index in [9.17, 15) is 0 Å². The van der Waals surface area contributed by atoms with Crippen molar-refractivity contribution in [2.75, 3.05) is 0 Å². The van der Waals surface area contributed by atoms with E-state index in [0.717, 1.165) is 0 Å². The highest BCUT2D eigenvalue weighted by Gasteiger charge is 2.20. The zero-order valence-electron chi connectivity index (χ0n) is 14.1. The van der Waals surface area contributed by atoms with E-state index < -0.39 is 0 Å². The third kappa shape index (κ3) is 2.06. The van der Waals surface area contributed by atoms with Crippen LogP contribution in [0.1, 0.15) is 16.7 Å². The van der Waals surface area contributed by atoms with Crippen LogP contribution in [-0.4, -0.2) is 4.40 Å². The van der Waals surface area contributed by atoms with Gasteiger partial charge in [0.05, 0.1) is 16.5 Å². The summed E-state index contributed by atoms with van der Waals surface area (Å²) in [4.78, 5) is 0. The molecule has 0 aliphatic carbocycles. The molecule has 4 aromatic rings. The van der Waals surface area contributed by atoms with Crippen LogP contribution in [0.25, 0.3) is 27.7 Å². The van der Waals surface area contributed by atoms with Gasteiger partial charge < -0.3 is 4.40 Å². The molecule has 4 rings (SSSR count). The van der Waals surface area contributed by atoms with E-state index >= 15 is 0 Å². The summed E-state index contributed by atoms with van der Waals surface area (Å²) in [6.07, 6.45) is 4.30. The van der Waals surface area contributed by atoms with E-state index in [4.69, 9.17) is 0 Å². The molecule has 0 atom stereocenters. The van der Waals surface area contributed by atoms with E-state index in [2.05, 4.69) is 91.6 Å². The van der Waals surface area contributed by atoms with Crippen LogP contribution in [0.5, 0.6) is 0 Å². The van der Waals surface area contributed by atoms with Gasteiger partial charge in [-0.2, -0.15) is 0 Å². The van der Waals surface area contributed by atoms with Crippen LogP contribution in [0.15, 0.2) is 54.9 Å². The second-order valence-corrected chi connectivity index (χ2v) is 6.47. The zero-order valence-corrected chi connectivity index (χ0v) is 14.1. The predicted octanol–water partition coefficient (Wildman–Crippen LogP) is 4.51. The van der Waals surface area contributed by atoms with Gasteiger partial charge in [0.2, 0.25) is 5.69 Å². The Morgan fingerprint density at radius 2 is 1.78 bits per heavy atom. The van der Waals surface area contributed by atoms with Crippen LogP contribution < -0.4 is 4.57 Å². The number of pyridine rings is 2. The Kier molecular flexibility index (Phi) is 3.02. The van der Waals surface area contributed by atoms with Crippen LogP contribution in [0.3, 0.4) is 0 Å². The third-order valence-corrected chi connectivity index (χ3v) is 4.85. The molecule has 0 saturated heterocycles. The fourth-order valence-corrected chi connectivity index (χ4v) is 3.57. The molecule has 0 fully saturated rings. The Bertz CT molecular complexity index is 1050. The highest BCUT2D eigenvalue weighted by molar-refractivity contribution is 5.96. The van der Waals surface area contributed by atoms with Crippen LogP contribution in [0.2, 0.25) is 0 Å². The number of fused-ring (bicyclic) bond motifs is 3. The number of aryl methyl sites for hydroxylation is 3. The number of aromatic nitrogens is 2. The van der Waals surface area contributed by atoms with Gasteiger partial charge in [-0.3, -0.25) is 0 Å². The fraction of sp³-hybridized carbons (Fsp3) is 0.190. The van der Waals surface area contributed by atoms with Crippen LogP contribution in [0.4, 0.5) is 0 Å². The lowest BCUT2D eigenvalue weighted by Crippen LogP contribution is -2.30. The minimum Gasteiger partial charge on any atom is -0.316 e. The van der Waals surface area contributed by atoms with Crippen molar-refractivity contribution in [2.24, 2.45) is 7.05 Å². The summed E-state index contributed by atoms with van der Waals surface area (Å²) in [6.45, 7) is 6.59. The molecular formula is C21H21N2+. The Labute approximate surface area is 136 Å². The number of hydrogen-bond donors (Lipinski definition) is 0. The average molecular weight is 301 g/mol. The summed E-state index contributed by atoms with van der Waals surface area (Å²) in [5.41, 5.74) is 9.12. The molecule has 114 valence electrons. The summed E-state index contributed by atoms with van der Waals surface area (Å²) in [5, 5.41) is 1.30. The molecule has 3 heterocycles. The van der Waals surface area contributed by atoms with Crippen molar-refractivity contribution in [2.45, 2.75) is 20.8 Å². The Balaban J connectivity index is 2.17. The quantitative estimate of drug-likeness (QED) is 0.457. The highest BCUT2D eigenvalue weighted by atomic mass is 14.9. The van der Waals surface area contributed by atoms with Crippen molar-refractivity contribution in [3.05, 3.63) is 71.5 Å². The number of benzene rings is 1. The minimum atomic E-state index is 1.23. The Morgan fingerprint density at radius 1 is 0.957 bits per heavy atom. The van der Waals surface area contributed by atoms with Crippen molar-refractivity contribution >= 4 is 16.4 Å². The molecule has 0 bridgehead atoms. The van der Waals surface area contributed by atoms with E-state index in [-0.39, 0.29) is 0 Å². The molecule has 0 radical (unpaired) electrons. The molecule has 3 aromatic heterocycles. The first kappa shape index (κ1) is 14.0. The molecule has 1 aromatic carbocycles. The smallest absolute Gasteiger partial charge is 0.222 e. The number of hydrogen-bond acceptors (Lipinski definition) is 0. The van der Waals surface area contributed by atoms with Gasteiger partial charge in [0, 0.05) is 17.8 Å². The van der Waals surface area contributed by atoms with Gasteiger partial charge in [0.25, 0.3) is 0 Å². The maximum Gasteiger partial charge on any atom is 0.222 e. The van der Waals surface area contributed by atoms with Gasteiger partial charge in [-0.15, -0.1) is 0 Å². The molecule has 0 amide bonds. The van der Waals surface area contributed by atoms with Gasteiger partial charge >= 0.3 is 0 Å². The van der Waals surface area contributed by atoms with Crippen molar-refractivity contribution in [3.63, 3.8) is 0 Å². The van der Waals surface area contributed by atoms with Crippen LogP contribution in [-0.2, 0) is 7.05 Å². The van der Waals surface area contributed by atoms with E-state index in [1.807, 2.05) is 0 Å². The Morgan fingerprint density at radius 3 is 2.61 bits per heavy atom. The molecule has 0 saturated carbocycles.